The molecule has 7 nitrogen and oxygen atoms in total. The third kappa shape index (κ3) is 6.49. The monoisotopic (exact) mass is 374 g/mol. The predicted octanol–water partition coefficient (Wildman–Crippen LogP) is 1.90. The van der Waals surface area contributed by atoms with Crippen molar-refractivity contribution in [1.29, 1.82) is 0 Å². The smallest absolute Gasteiger partial charge is 0.341 e. The maximum atomic E-state index is 11.9. The largest absolute Gasteiger partial charge is 0.461 e. The van der Waals surface area contributed by atoms with Crippen LogP contribution in [0.2, 0.25) is 0 Å². The van der Waals surface area contributed by atoms with Crippen molar-refractivity contribution in [3.8, 4) is 0 Å². The summed E-state index contributed by atoms with van der Waals surface area (Å²) in [4.78, 5) is 23.6. The maximum absolute atomic E-state index is 11.9. The average Bonchev–Trinajstić information content (AvgIpc) is 2.71. The van der Waals surface area contributed by atoms with Gasteiger partial charge >= 0.3 is 11.9 Å². The van der Waals surface area contributed by atoms with Crippen molar-refractivity contribution in [2.75, 3.05) is 13.2 Å². The van der Waals surface area contributed by atoms with E-state index in [9.17, 15) is 19.8 Å². The summed E-state index contributed by atoms with van der Waals surface area (Å²) < 4.78 is 15.1. The van der Waals surface area contributed by atoms with Crippen LogP contribution in [0.15, 0.2) is 60.7 Å². The fourth-order valence-electron chi connectivity index (χ4n) is 2.24. The molecule has 0 aliphatic heterocycles. The van der Waals surface area contributed by atoms with Crippen LogP contribution in [0.4, 0.5) is 0 Å². The van der Waals surface area contributed by atoms with E-state index < -0.39 is 30.4 Å². The van der Waals surface area contributed by atoms with Crippen molar-refractivity contribution in [1.82, 2.24) is 0 Å². The highest BCUT2D eigenvalue weighted by atomic mass is 16.7. The van der Waals surface area contributed by atoms with Gasteiger partial charge in [-0.05, 0) is 18.1 Å². The molecule has 0 bridgehead atoms. The second-order valence-corrected chi connectivity index (χ2v) is 5.67. The molecule has 0 aliphatic carbocycles. The Morgan fingerprint density at radius 2 is 1.30 bits per heavy atom. The molecule has 3 unspecified atom stereocenters. The standard InChI is InChI=1S/C20H22O7/c1-14(27-20(24)18(22)16-10-6-3-7-11-16)25-12-13-26-19(23)17(21)15-8-4-2-5-9-15/h2-11,14,17-18,21-22H,12-13H2,1H3. The third-order valence-corrected chi connectivity index (χ3v) is 3.64. The second-order valence-electron chi connectivity index (χ2n) is 5.67. The Morgan fingerprint density at radius 3 is 1.81 bits per heavy atom. The van der Waals surface area contributed by atoms with E-state index in [0.717, 1.165) is 0 Å². The number of esters is 2. The van der Waals surface area contributed by atoms with Crippen molar-refractivity contribution in [3.63, 3.8) is 0 Å². The molecule has 2 rings (SSSR count). The van der Waals surface area contributed by atoms with Crippen molar-refractivity contribution in [3.05, 3.63) is 71.8 Å². The number of aliphatic hydroxyl groups is 2. The normalized spacial score (nSPS) is 14.0. The van der Waals surface area contributed by atoms with Crippen LogP contribution in [0.5, 0.6) is 0 Å². The summed E-state index contributed by atoms with van der Waals surface area (Å²) in [5.41, 5.74) is 0.846. The quantitative estimate of drug-likeness (QED) is 0.393. The van der Waals surface area contributed by atoms with E-state index in [4.69, 9.17) is 14.2 Å². The van der Waals surface area contributed by atoms with Crippen LogP contribution in [0.3, 0.4) is 0 Å². The molecule has 0 fully saturated rings. The predicted molar refractivity (Wildman–Crippen MR) is 95.3 cm³/mol. The number of aliphatic hydroxyl groups excluding tert-OH is 2. The average molecular weight is 374 g/mol. The highest BCUT2D eigenvalue weighted by molar-refractivity contribution is 5.76. The van der Waals surface area contributed by atoms with Gasteiger partial charge in [0.1, 0.15) is 6.61 Å². The van der Waals surface area contributed by atoms with E-state index in [1.807, 2.05) is 0 Å². The van der Waals surface area contributed by atoms with Gasteiger partial charge in [0.05, 0.1) is 6.61 Å². The van der Waals surface area contributed by atoms with E-state index >= 15 is 0 Å². The molecule has 0 aromatic heterocycles. The molecule has 2 N–H and O–H groups in total. The number of carbonyl (C=O) groups excluding carboxylic acids is 2. The topological polar surface area (TPSA) is 102 Å². The summed E-state index contributed by atoms with van der Waals surface area (Å²) in [6, 6.07) is 16.8. The SMILES string of the molecule is CC(OCCOC(=O)C(O)c1ccccc1)OC(=O)C(O)c1ccccc1. The fraction of sp³-hybridized carbons (Fsp3) is 0.300. The summed E-state index contributed by atoms with van der Waals surface area (Å²) >= 11 is 0. The molecule has 7 heteroatoms. The molecule has 0 heterocycles. The molecule has 0 spiro atoms. The zero-order valence-corrected chi connectivity index (χ0v) is 14.9. The molecular weight excluding hydrogens is 352 g/mol. The first-order chi connectivity index (χ1) is 13.0. The Hall–Kier alpha value is -2.74. The van der Waals surface area contributed by atoms with Gasteiger partial charge in [-0.15, -0.1) is 0 Å². The Balaban J connectivity index is 1.67. The van der Waals surface area contributed by atoms with Crippen LogP contribution >= 0.6 is 0 Å². The molecule has 2 aromatic rings. The highest BCUT2D eigenvalue weighted by Crippen LogP contribution is 2.15. The number of hydrogen-bond acceptors (Lipinski definition) is 7. The van der Waals surface area contributed by atoms with Gasteiger partial charge < -0.3 is 24.4 Å². The molecule has 0 aliphatic rings. The molecule has 0 radical (unpaired) electrons. The lowest BCUT2D eigenvalue weighted by molar-refractivity contribution is -0.188. The summed E-state index contributed by atoms with van der Waals surface area (Å²) in [7, 11) is 0. The van der Waals surface area contributed by atoms with Crippen molar-refractivity contribution >= 4 is 11.9 Å². The molecule has 27 heavy (non-hydrogen) atoms. The van der Waals surface area contributed by atoms with Crippen LogP contribution < -0.4 is 0 Å². The van der Waals surface area contributed by atoms with E-state index in [0.29, 0.717) is 11.1 Å². The Morgan fingerprint density at radius 1 is 0.815 bits per heavy atom. The van der Waals surface area contributed by atoms with Gasteiger partial charge in [0, 0.05) is 0 Å². The molecule has 0 amide bonds. The third-order valence-electron chi connectivity index (χ3n) is 3.64. The summed E-state index contributed by atoms with van der Waals surface area (Å²) in [6.45, 7) is 1.32. The van der Waals surface area contributed by atoms with E-state index in [-0.39, 0.29) is 13.2 Å². The Labute approximate surface area is 157 Å². The van der Waals surface area contributed by atoms with Gasteiger partial charge in [-0.2, -0.15) is 0 Å². The van der Waals surface area contributed by atoms with Gasteiger partial charge in [0.15, 0.2) is 18.5 Å². The summed E-state index contributed by atoms with van der Waals surface area (Å²) in [5.74, 6) is -1.64. The van der Waals surface area contributed by atoms with Crippen LogP contribution in [0.25, 0.3) is 0 Å². The highest BCUT2D eigenvalue weighted by Gasteiger charge is 2.22. The maximum Gasteiger partial charge on any atom is 0.341 e. The molecule has 0 saturated carbocycles. The van der Waals surface area contributed by atoms with Crippen molar-refractivity contribution in [2.45, 2.75) is 25.4 Å². The lowest BCUT2D eigenvalue weighted by atomic mass is 10.1. The summed E-state index contributed by atoms with van der Waals surface area (Å²) in [5, 5.41) is 19.8. The van der Waals surface area contributed by atoms with Crippen molar-refractivity contribution in [2.24, 2.45) is 0 Å². The van der Waals surface area contributed by atoms with Gasteiger partial charge in [0.25, 0.3) is 0 Å². The zero-order valence-electron chi connectivity index (χ0n) is 14.9. The first kappa shape index (κ1) is 20.6. The lowest BCUT2D eigenvalue weighted by Crippen LogP contribution is -2.25. The Bertz CT molecular complexity index is 718. The minimum atomic E-state index is -1.41. The van der Waals surface area contributed by atoms with Crippen LogP contribution in [0.1, 0.15) is 30.3 Å². The molecule has 144 valence electrons. The minimum absolute atomic E-state index is 0.0386. The molecule has 3 atom stereocenters. The van der Waals surface area contributed by atoms with Gasteiger partial charge in [0.2, 0.25) is 0 Å². The van der Waals surface area contributed by atoms with E-state index in [2.05, 4.69) is 0 Å². The second kappa shape index (κ2) is 10.4. The van der Waals surface area contributed by atoms with E-state index in [1.54, 1.807) is 60.7 Å². The molecular formula is C20H22O7. The van der Waals surface area contributed by atoms with Gasteiger partial charge in [-0.25, -0.2) is 9.59 Å². The van der Waals surface area contributed by atoms with Crippen LogP contribution in [-0.4, -0.2) is 41.7 Å². The van der Waals surface area contributed by atoms with Gasteiger partial charge in [-0.1, -0.05) is 60.7 Å². The summed E-state index contributed by atoms with van der Waals surface area (Å²) in [6.07, 6.45) is -3.72. The fourth-order valence-corrected chi connectivity index (χ4v) is 2.24. The number of ether oxygens (including phenoxy) is 3. The number of rotatable bonds is 9. The van der Waals surface area contributed by atoms with Crippen molar-refractivity contribution < 1.29 is 34.0 Å². The lowest BCUT2D eigenvalue weighted by Gasteiger charge is -2.17. The minimum Gasteiger partial charge on any atom is -0.461 e. The molecule has 0 saturated heterocycles. The Kier molecular flexibility index (Phi) is 7.94. The number of benzene rings is 2. The van der Waals surface area contributed by atoms with Gasteiger partial charge in [-0.3, -0.25) is 0 Å². The zero-order chi connectivity index (χ0) is 19.6. The molecule has 2 aromatic carbocycles. The first-order valence-electron chi connectivity index (χ1n) is 8.44. The van der Waals surface area contributed by atoms with E-state index in [1.165, 1.54) is 6.92 Å². The number of hydrogen-bond donors (Lipinski definition) is 2. The first-order valence-corrected chi connectivity index (χ1v) is 8.44. The number of carbonyl (C=O) groups is 2. The van der Waals surface area contributed by atoms with Crippen LogP contribution in [-0.2, 0) is 23.8 Å². The van der Waals surface area contributed by atoms with Crippen LogP contribution in [0, 0.1) is 0 Å².